The number of hydrogen-bond acceptors (Lipinski definition) is 4. The average Bonchev–Trinajstić information content (AvgIpc) is 2.35. The molecule has 0 aromatic heterocycles. The lowest BCUT2D eigenvalue weighted by Crippen LogP contribution is -2.66. The minimum absolute atomic E-state index is 0.173. The van der Waals surface area contributed by atoms with Crippen LogP contribution >= 0.6 is 0 Å². The molecule has 4 nitrogen and oxygen atoms in total. The van der Waals surface area contributed by atoms with Crippen LogP contribution in [-0.4, -0.2) is 33.5 Å². The zero-order valence-corrected chi connectivity index (χ0v) is 13.9. The second-order valence-electron chi connectivity index (χ2n) is 7.79. The Kier molecular flexibility index (Phi) is 4.42. The van der Waals surface area contributed by atoms with Gasteiger partial charge in [-0.05, 0) is 50.4 Å². The smallest absolute Gasteiger partial charge is 0.303 e. The van der Waals surface area contributed by atoms with Crippen molar-refractivity contribution < 1.29 is 19.7 Å². The molecule has 122 valence electrons. The first-order chi connectivity index (χ1) is 9.59. The van der Waals surface area contributed by atoms with Gasteiger partial charge in [0.2, 0.25) is 0 Å². The van der Waals surface area contributed by atoms with Crippen molar-refractivity contribution in [2.75, 3.05) is 0 Å². The molecule has 0 heterocycles. The number of rotatable bonds is 2. The number of esters is 1. The van der Waals surface area contributed by atoms with Crippen LogP contribution in [0.4, 0.5) is 0 Å². The highest BCUT2D eigenvalue weighted by atomic mass is 16.6. The first kappa shape index (κ1) is 16.8. The van der Waals surface area contributed by atoms with Gasteiger partial charge in [0, 0.05) is 12.8 Å². The van der Waals surface area contributed by atoms with Crippen molar-refractivity contribution in [1.29, 1.82) is 0 Å². The van der Waals surface area contributed by atoms with Crippen LogP contribution < -0.4 is 0 Å². The number of carbonyl (C=O) groups is 1. The molecule has 2 aliphatic carbocycles. The molecule has 21 heavy (non-hydrogen) atoms. The van der Waals surface area contributed by atoms with Crippen LogP contribution in [0.15, 0.2) is 0 Å². The van der Waals surface area contributed by atoms with Crippen molar-refractivity contribution >= 4 is 5.97 Å². The molecule has 0 radical (unpaired) electrons. The maximum absolute atomic E-state index is 11.5. The van der Waals surface area contributed by atoms with Crippen molar-refractivity contribution in [3.63, 3.8) is 0 Å². The highest BCUT2D eigenvalue weighted by molar-refractivity contribution is 5.66. The van der Waals surface area contributed by atoms with E-state index in [2.05, 4.69) is 20.8 Å². The normalized spacial score (nSPS) is 47.0. The number of hydrogen-bond donors (Lipinski definition) is 2. The lowest BCUT2D eigenvalue weighted by atomic mass is 9.53. The van der Waals surface area contributed by atoms with Crippen molar-refractivity contribution in [3.8, 4) is 0 Å². The maximum atomic E-state index is 11.5. The van der Waals surface area contributed by atoms with E-state index in [0.717, 1.165) is 12.8 Å². The molecule has 0 aromatic rings. The highest BCUT2D eigenvalue weighted by Crippen LogP contribution is 2.54. The maximum Gasteiger partial charge on any atom is 0.303 e. The SMILES string of the molecule is CC(=O)O[C@@H]1[C@H]2[C@H](C(C)C)CC[C@@H](C)[C@]2(O)CC[C@@]1(C)O. The molecular weight excluding hydrogens is 268 g/mol. The van der Waals surface area contributed by atoms with Gasteiger partial charge in [-0.2, -0.15) is 0 Å². The molecule has 0 unspecified atom stereocenters. The highest BCUT2D eigenvalue weighted by Gasteiger charge is 2.60. The number of fused-ring (bicyclic) bond motifs is 1. The summed E-state index contributed by atoms with van der Waals surface area (Å²) in [6.45, 7) is 9.48. The van der Waals surface area contributed by atoms with Crippen LogP contribution in [0.3, 0.4) is 0 Å². The van der Waals surface area contributed by atoms with Gasteiger partial charge in [-0.3, -0.25) is 4.79 Å². The van der Waals surface area contributed by atoms with Gasteiger partial charge < -0.3 is 14.9 Å². The molecule has 0 amide bonds. The second-order valence-corrected chi connectivity index (χ2v) is 7.79. The quantitative estimate of drug-likeness (QED) is 0.769. The van der Waals surface area contributed by atoms with Crippen LogP contribution in [0.25, 0.3) is 0 Å². The van der Waals surface area contributed by atoms with E-state index in [-0.39, 0.29) is 23.7 Å². The fourth-order valence-corrected chi connectivity index (χ4v) is 4.58. The summed E-state index contributed by atoms with van der Waals surface area (Å²) in [7, 11) is 0. The van der Waals surface area contributed by atoms with Crippen LogP contribution in [0.1, 0.15) is 60.3 Å². The molecule has 0 aromatic carbocycles. The van der Waals surface area contributed by atoms with Gasteiger partial charge in [0.25, 0.3) is 0 Å². The summed E-state index contributed by atoms with van der Waals surface area (Å²) >= 11 is 0. The minimum Gasteiger partial charge on any atom is -0.459 e. The van der Waals surface area contributed by atoms with Crippen molar-refractivity contribution in [3.05, 3.63) is 0 Å². The Morgan fingerprint density at radius 2 is 1.86 bits per heavy atom. The monoisotopic (exact) mass is 298 g/mol. The molecule has 2 aliphatic rings. The third-order valence-electron chi connectivity index (χ3n) is 5.94. The van der Waals surface area contributed by atoms with Gasteiger partial charge in [0.05, 0.1) is 11.2 Å². The van der Waals surface area contributed by atoms with E-state index >= 15 is 0 Å². The van der Waals surface area contributed by atoms with Gasteiger partial charge in [0.15, 0.2) is 0 Å². The molecule has 2 fully saturated rings. The summed E-state index contributed by atoms with van der Waals surface area (Å²) in [6, 6.07) is 0. The molecule has 4 heteroatoms. The number of aliphatic hydroxyl groups is 2. The zero-order chi connectivity index (χ0) is 16.0. The van der Waals surface area contributed by atoms with Crippen LogP contribution in [0.5, 0.6) is 0 Å². The van der Waals surface area contributed by atoms with Crippen LogP contribution in [0.2, 0.25) is 0 Å². The minimum atomic E-state index is -1.06. The van der Waals surface area contributed by atoms with E-state index in [0.29, 0.717) is 18.8 Å². The van der Waals surface area contributed by atoms with Gasteiger partial charge in [-0.25, -0.2) is 0 Å². The van der Waals surface area contributed by atoms with Gasteiger partial charge in [0.1, 0.15) is 6.10 Å². The molecule has 0 saturated heterocycles. The Labute approximate surface area is 127 Å². The molecular formula is C17H30O4. The van der Waals surface area contributed by atoms with Gasteiger partial charge in [-0.1, -0.05) is 20.8 Å². The Balaban J connectivity index is 2.44. The fourth-order valence-electron chi connectivity index (χ4n) is 4.58. The average molecular weight is 298 g/mol. The summed E-state index contributed by atoms with van der Waals surface area (Å²) < 4.78 is 5.52. The Bertz CT molecular complexity index is 404. The van der Waals surface area contributed by atoms with Crippen LogP contribution in [0, 0.1) is 23.7 Å². The first-order valence-corrected chi connectivity index (χ1v) is 8.21. The Morgan fingerprint density at radius 3 is 2.38 bits per heavy atom. The van der Waals surface area contributed by atoms with Crippen molar-refractivity contribution in [2.24, 2.45) is 23.7 Å². The first-order valence-electron chi connectivity index (χ1n) is 8.21. The van der Waals surface area contributed by atoms with Crippen molar-refractivity contribution in [1.82, 2.24) is 0 Å². The molecule has 2 rings (SSSR count). The van der Waals surface area contributed by atoms with E-state index in [1.807, 2.05) is 0 Å². The Hall–Kier alpha value is -0.610. The molecule has 0 spiro atoms. The van der Waals surface area contributed by atoms with E-state index < -0.39 is 17.3 Å². The molecule has 0 aliphatic heterocycles. The summed E-state index contributed by atoms with van der Waals surface area (Å²) in [5, 5.41) is 22.0. The lowest BCUT2D eigenvalue weighted by molar-refractivity contribution is -0.245. The summed E-state index contributed by atoms with van der Waals surface area (Å²) in [4.78, 5) is 11.5. The summed E-state index contributed by atoms with van der Waals surface area (Å²) in [6.07, 6.45) is 2.42. The lowest BCUT2D eigenvalue weighted by Gasteiger charge is -2.58. The third kappa shape index (κ3) is 2.85. The molecule has 2 N–H and O–H groups in total. The summed E-state index contributed by atoms with van der Waals surface area (Å²) in [5.74, 6) is 0.258. The Morgan fingerprint density at radius 1 is 1.24 bits per heavy atom. The topological polar surface area (TPSA) is 66.8 Å². The fraction of sp³-hybridized carbons (Fsp3) is 0.941. The predicted molar refractivity (Wildman–Crippen MR) is 80.6 cm³/mol. The molecule has 0 bridgehead atoms. The van der Waals surface area contributed by atoms with E-state index in [1.165, 1.54) is 6.92 Å². The van der Waals surface area contributed by atoms with Crippen LogP contribution in [-0.2, 0) is 9.53 Å². The number of carbonyl (C=O) groups excluding carboxylic acids is 1. The van der Waals surface area contributed by atoms with Gasteiger partial charge >= 0.3 is 5.97 Å². The second kappa shape index (κ2) is 5.54. The predicted octanol–water partition coefficient (Wildman–Crippen LogP) is 2.51. The van der Waals surface area contributed by atoms with E-state index in [9.17, 15) is 15.0 Å². The largest absolute Gasteiger partial charge is 0.459 e. The van der Waals surface area contributed by atoms with E-state index in [1.54, 1.807) is 6.92 Å². The standard InChI is InChI=1S/C17H30O4/c1-10(2)13-7-6-11(3)17(20)9-8-16(5,19)15(14(13)17)21-12(4)18/h10-11,13-15,19-20H,6-9H2,1-5H3/t11-,13+,14-,15-,16-,17-/m1/s1. The molecule has 2 saturated carbocycles. The number of ether oxygens (including phenoxy) is 1. The van der Waals surface area contributed by atoms with E-state index in [4.69, 9.17) is 4.74 Å². The summed E-state index contributed by atoms with van der Waals surface area (Å²) in [5.41, 5.74) is -1.90. The zero-order valence-electron chi connectivity index (χ0n) is 13.9. The van der Waals surface area contributed by atoms with Gasteiger partial charge in [-0.15, -0.1) is 0 Å². The third-order valence-corrected chi connectivity index (χ3v) is 5.94. The molecule has 6 atom stereocenters. The van der Waals surface area contributed by atoms with Crippen molar-refractivity contribution in [2.45, 2.75) is 77.6 Å².